The van der Waals surface area contributed by atoms with Crippen LogP contribution < -0.4 is 4.72 Å². The zero-order valence-corrected chi connectivity index (χ0v) is 14.4. The van der Waals surface area contributed by atoms with Crippen LogP contribution in [-0.4, -0.2) is 30.2 Å². The van der Waals surface area contributed by atoms with Crippen LogP contribution in [0.5, 0.6) is 0 Å². The van der Waals surface area contributed by atoms with Crippen molar-refractivity contribution in [2.75, 3.05) is 6.54 Å². The molecule has 2 aromatic rings. The summed E-state index contributed by atoms with van der Waals surface area (Å²) in [5.74, 6) is 0. The molecule has 0 saturated carbocycles. The van der Waals surface area contributed by atoms with E-state index in [0.717, 1.165) is 11.4 Å². The van der Waals surface area contributed by atoms with Gasteiger partial charge in [-0.2, -0.15) is 0 Å². The Bertz CT molecular complexity index is 713. The van der Waals surface area contributed by atoms with E-state index in [1.54, 1.807) is 30.3 Å². The van der Waals surface area contributed by atoms with Gasteiger partial charge < -0.3 is 0 Å². The van der Waals surface area contributed by atoms with Crippen LogP contribution in [0.1, 0.15) is 18.3 Å². The number of benzene rings is 1. The Hall–Kier alpha value is -1.44. The quantitative estimate of drug-likeness (QED) is 0.648. The molecule has 1 atom stereocenters. The average molecular weight is 337 g/mol. The molecule has 0 aliphatic rings. The van der Waals surface area contributed by atoms with Gasteiger partial charge in [0, 0.05) is 23.2 Å². The van der Waals surface area contributed by atoms with Gasteiger partial charge in [-0.15, -0.1) is 0 Å². The Morgan fingerprint density at radius 2 is 1.73 bits per heavy atom. The maximum atomic E-state index is 12.1. The number of rotatable bonds is 6. The first-order valence-corrected chi connectivity index (χ1v) is 9.27. The zero-order chi connectivity index (χ0) is 16.2. The molecule has 0 saturated heterocycles. The fraction of sp³-hybridized carbons (Fsp3) is 0.333. The first kappa shape index (κ1) is 16.9. The normalized spacial score (nSPS) is 13.0. The first-order valence-electron chi connectivity index (χ1n) is 6.90. The second-order valence-corrected chi connectivity index (χ2v) is 8.20. The number of aromatic nitrogens is 2. The number of sulfonamides is 1. The molecule has 1 aromatic carbocycles. The van der Waals surface area contributed by atoms with Crippen LogP contribution in [0.25, 0.3) is 0 Å². The minimum absolute atomic E-state index is 0.0275. The van der Waals surface area contributed by atoms with Gasteiger partial charge in [0.1, 0.15) is 0 Å². The van der Waals surface area contributed by atoms with Crippen LogP contribution in [0.2, 0.25) is 0 Å². The Kier molecular flexibility index (Phi) is 5.55. The molecule has 1 heterocycles. The summed E-state index contributed by atoms with van der Waals surface area (Å²) in [6.45, 7) is 6.10. The van der Waals surface area contributed by atoms with Crippen molar-refractivity contribution in [3.8, 4) is 0 Å². The number of thioether (sulfide) groups is 1. The van der Waals surface area contributed by atoms with Gasteiger partial charge in [0.05, 0.1) is 4.90 Å². The second-order valence-electron chi connectivity index (χ2n) is 5.03. The van der Waals surface area contributed by atoms with Gasteiger partial charge in [-0.25, -0.2) is 23.1 Å². The van der Waals surface area contributed by atoms with Crippen LogP contribution >= 0.6 is 11.8 Å². The average Bonchev–Trinajstić information content (AvgIpc) is 2.45. The predicted octanol–water partition coefficient (Wildman–Crippen LogP) is 2.55. The van der Waals surface area contributed by atoms with Crippen molar-refractivity contribution in [1.82, 2.24) is 14.7 Å². The largest absolute Gasteiger partial charge is 0.240 e. The lowest BCUT2D eigenvalue weighted by Crippen LogP contribution is -2.29. The highest BCUT2D eigenvalue weighted by Crippen LogP contribution is 2.20. The lowest BCUT2D eigenvalue weighted by Gasteiger charge is -2.12. The lowest BCUT2D eigenvalue weighted by molar-refractivity contribution is 0.581. The molecule has 22 heavy (non-hydrogen) atoms. The maximum Gasteiger partial charge on any atom is 0.240 e. The second kappa shape index (κ2) is 7.21. The van der Waals surface area contributed by atoms with Crippen molar-refractivity contribution in [2.45, 2.75) is 36.1 Å². The smallest absolute Gasteiger partial charge is 0.228 e. The molecule has 0 fully saturated rings. The number of aryl methyl sites for hydroxylation is 2. The maximum absolute atomic E-state index is 12.1. The molecular formula is C15H19N3O2S2. The molecule has 0 aliphatic carbocycles. The monoisotopic (exact) mass is 337 g/mol. The van der Waals surface area contributed by atoms with Crippen LogP contribution in [0.4, 0.5) is 0 Å². The molecule has 0 amide bonds. The third-order valence-corrected chi connectivity index (χ3v) is 5.28. The lowest BCUT2D eigenvalue weighted by atomic mass is 10.4. The summed E-state index contributed by atoms with van der Waals surface area (Å²) in [7, 11) is -3.47. The van der Waals surface area contributed by atoms with Crippen LogP contribution in [-0.2, 0) is 10.0 Å². The van der Waals surface area contributed by atoms with Crippen LogP contribution in [0, 0.1) is 13.8 Å². The molecule has 5 nitrogen and oxygen atoms in total. The molecule has 1 N–H and O–H groups in total. The van der Waals surface area contributed by atoms with Gasteiger partial charge in [-0.1, -0.05) is 36.9 Å². The fourth-order valence-corrected chi connectivity index (χ4v) is 4.05. The summed E-state index contributed by atoms with van der Waals surface area (Å²) in [5, 5.41) is 0.698. The van der Waals surface area contributed by atoms with Crippen molar-refractivity contribution in [2.24, 2.45) is 0 Å². The number of hydrogen-bond donors (Lipinski definition) is 1. The molecule has 0 spiro atoms. The summed E-state index contributed by atoms with van der Waals surface area (Å²) < 4.78 is 26.9. The number of nitrogens with one attached hydrogen (secondary N) is 1. The highest BCUT2D eigenvalue weighted by molar-refractivity contribution is 7.99. The molecule has 0 radical (unpaired) electrons. The summed E-state index contributed by atoms with van der Waals surface area (Å²) >= 11 is 1.46. The summed E-state index contributed by atoms with van der Waals surface area (Å²) in [6.07, 6.45) is 0. The van der Waals surface area contributed by atoms with Crippen LogP contribution in [0.3, 0.4) is 0 Å². The van der Waals surface area contributed by atoms with Gasteiger partial charge in [0.15, 0.2) is 5.16 Å². The highest BCUT2D eigenvalue weighted by Gasteiger charge is 2.15. The molecule has 7 heteroatoms. The summed E-state index contributed by atoms with van der Waals surface area (Å²) in [6, 6.07) is 10.3. The molecule has 0 unspecified atom stereocenters. The molecule has 0 bridgehead atoms. The SMILES string of the molecule is Cc1cc(C)nc(S[C@H](C)CNS(=O)(=O)c2ccccc2)n1. The zero-order valence-electron chi connectivity index (χ0n) is 12.8. The van der Waals surface area contributed by atoms with E-state index in [2.05, 4.69) is 14.7 Å². The minimum atomic E-state index is -3.47. The third kappa shape index (κ3) is 4.79. The van der Waals surface area contributed by atoms with E-state index in [9.17, 15) is 8.42 Å². The van der Waals surface area contributed by atoms with Crippen molar-refractivity contribution < 1.29 is 8.42 Å². The summed E-state index contributed by atoms with van der Waals surface area (Å²) in [4.78, 5) is 8.98. The van der Waals surface area contributed by atoms with E-state index in [1.165, 1.54) is 11.8 Å². The van der Waals surface area contributed by atoms with Crippen molar-refractivity contribution >= 4 is 21.8 Å². The van der Waals surface area contributed by atoms with Crippen molar-refractivity contribution in [1.29, 1.82) is 0 Å². The third-order valence-electron chi connectivity index (χ3n) is 2.88. The van der Waals surface area contributed by atoms with Gasteiger partial charge in [0.2, 0.25) is 10.0 Å². The number of nitrogens with zero attached hydrogens (tertiary/aromatic N) is 2. The van der Waals surface area contributed by atoms with E-state index < -0.39 is 10.0 Å². The first-order chi connectivity index (χ1) is 10.4. The Morgan fingerprint density at radius 3 is 2.32 bits per heavy atom. The van der Waals surface area contributed by atoms with Crippen molar-refractivity contribution in [3.63, 3.8) is 0 Å². The molecular weight excluding hydrogens is 318 g/mol. The Balaban J connectivity index is 1.97. The fourth-order valence-electron chi connectivity index (χ4n) is 1.88. The highest BCUT2D eigenvalue weighted by atomic mass is 32.2. The van der Waals surface area contributed by atoms with E-state index in [4.69, 9.17) is 0 Å². The van der Waals surface area contributed by atoms with Gasteiger partial charge in [0.25, 0.3) is 0 Å². The van der Waals surface area contributed by atoms with E-state index in [-0.39, 0.29) is 10.1 Å². The number of hydrogen-bond acceptors (Lipinski definition) is 5. The van der Waals surface area contributed by atoms with E-state index in [0.29, 0.717) is 11.7 Å². The molecule has 0 aliphatic heterocycles. The van der Waals surface area contributed by atoms with Gasteiger partial charge >= 0.3 is 0 Å². The summed E-state index contributed by atoms with van der Waals surface area (Å²) in [5.41, 5.74) is 1.82. The van der Waals surface area contributed by atoms with Gasteiger partial charge in [-0.3, -0.25) is 0 Å². The minimum Gasteiger partial charge on any atom is -0.228 e. The predicted molar refractivity (Wildman–Crippen MR) is 88.5 cm³/mol. The molecule has 2 rings (SSSR count). The van der Waals surface area contributed by atoms with Gasteiger partial charge in [-0.05, 0) is 32.0 Å². The standard InChI is InChI=1S/C15H19N3O2S2/c1-11-9-12(2)18-15(17-11)21-13(3)10-16-22(19,20)14-7-5-4-6-8-14/h4-9,13,16H,10H2,1-3H3/t13-/m1/s1. The van der Waals surface area contributed by atoms with E-state index >= 15 is 0 Å². The Labute approximate surface area is 135 Å². The van der Waals surface area contributed by atoms with Crippen LogP contribution in [0.15, 0.2) is 46.5 Å². The Morgan fingerprint density at radius 1 is 1.14 bits per heavy atom. The molecule has 1 aromatic heterocycles. The molecule has 118 valence electrons. The topological polar surface area (TPSA) is 72.0 Å². The van der Waals surface area contributed by atoms with E-state index in [1.807, 2.05) is 26.8 Å². The van der Waals surface area contributed by atoms with Crippen molar-refractivity contribution in [3.05, 3.63) is 47.8 Å².